The molecule has 0 unspecified atom stereocenters. The van der Waals surface area contributed by atoms with Gasteiger partial charge in [0.05, 0.1) is 30.5 Å². The van der Waals surface area contributed by atoms with E-state index in [1.807, 2.05) is 47.0 Å². The van der Waals surface area contributed by atoms with Crippen LogP contribution in [-0.4, -0.2) is 21.9 Å². The molecule has 104 valence electrons. The molecule has 0 saturated heterocycles. The minimum atomic E-state index is 0.0906. The van der Waals surface area contributed by atoms with Gasteiger partial charge in [0.25, 0.3) is 0 Å². The molecule has 0 aliphatic carbocycles. The minimum Gasteiger partial charge on any atom is -0.493 e. The van der Waals surface area contributed by atoms with Crippen LogP contribution in [0.3, 0.4) is 0 Å². The average molecular weight is 278 g/mol. The lowest BCUT2D eigenvalue weighted by Gasteiger charge is -2.05. The molecule has 2 heterocycles. The normalized spacial score (nSPS) is 13.1. The van der Waals surface area contributed by atoms with Gasteiger partial charge < -0.3 is 9.30 Å². The number of aromatic nitrogens is 2. The van der Waals surface area contributed by atoms with Crippen molar-refractivity contribution in [2.45, 2.75) is 13.0 Å². The van der Waals surface area contributed by atoms with E-state index < -0.39 is 0 Å². The SMILES string of the molecule is O=C(Cn1cnc2ccccc21)c1ccc2c(c1)CCO2. The first-order valence-corrected chi connectivity index (χ1v) is 7.00. The molecule has 0 bridgehead atoms. The summed E-state index contributed by atoms with van der Waals surface area (Å²) in [5.41, 5.74) is 3.75. The van der Waals surface area contributed by atoms with Crippen LogP contribution in [0.2, 0.25) is 0 Å². The topological polar surface area (TPSA) is 44.1 Å². The Hall–Kier alpha value is -2.62. The molecule has 0 spiro atoms. The van der Waals surface area contributed by atoms with Gasteiger partial charge in [-0.1, -0.05) is 12.1 Å². The molecule has 0 fully saturated rings. The Morgan fingerprint density at radius 2 is 2.14 bits per heavy atom. The number of hydrogen-bond donors (Lipinski definition) is 0. The molecule has 1 aromatic heterocycles. The second-order valence-electron chi connectivity index (χ2n) is 5.21. The van der Waals surface area contributed by atoms with Crippen LogP contribution in [0.1, 0.15) is 15.9 Å². The molecule has 4 rings (SSSR count). The molecular formula is C17H14N2O2. The van der Waals surface area contributed by atoms with Crippen LogP contribution >= 0.6 is 0 Å². The van der Waals surface area contributed by atoms with Crippen LogP contribution in [0.25, 0.3) is 11.0 Å². The molecule has 0 amide bonds. The van der Waals surface area contributed by atoms with Crippen LogP contribution in [0.4, 0.5) is 0 Å². The minimum absolute atomic E-state index is 0.0906. The van der Waals surface area contributed by atoms with E-state index in [2.05, 4.69) is 4.98 Å². The standard InChI is InChI=1S/C17H14N2O2/c20-16(12-5-6-17-13(9-12)7-8-21-17)10-19-11-18-14-3-1-2-4-15(14)19/h1-6,9,11H,7-8,10H2. The molecule has 4 heteroatoms. The van der Waals surface area contributed by atoms with Crippen molar-refractivity contribution < 1.29 is 9.53 Å². The predicted octanol–water partition coefficient (Wildman–Crippen LogP) is 2.85. The third-order valence-corrected chi connectivity index (χ3v) is 3.85. The zero-order valence-corrected chi connectivity index (χ0v) is 11.5. The number of rotatable bonds is 3. The maximum absolute atomic E-state index is 12.5. The summed E-state index contributed by atoms with van der Waals surface area (Å²) in [7, 11) is 0. The van der Waals surface area contributed by atoms with Gasteiger partial charge in [-0.3, -0.25) is 4.79 Å². The maximum Gasteiger partial charge on any atom is 0.182 e. The fourth-order valence-corrected chi connectivity index (χ4v) is 2.74. The number of imidazole rings is 1. The smallest absolute Gasteiger partial charge is 0.182 e. The number of ether oxygens (including phenoxy) is 1. The Kier molecular flexibility index (Phi) is 2.74. The largest absolute Gasteiger partial charge is 0.493 e. The first kappa shape index (κ1) is 12.1. The number of fused-ring (bicyclic) bond motifs is 2. The van der Waals surface area contributed by atoms with Gasteiger partial charge in [-0.2, -0.15) is 0 Å². The van der Waals surface area contributed by atoms with Crippen molar-refractivity contribution in [1.29, 1.82) is 0 Å². The molecule has 1 aliphatic rings. The summed E-state index contributed by atoms with van der Waals surface area (Å²) in [6.45, 7) is 1.01. The van der Waals surface area contributed by atoms with E-state index in [-0.39, 0.29) is 5.78 Å². The number of ketones is 1. The summed E-state index contributed by atoms with van der Waals surface area (Å²) < 4.78 is 7.36. The fraction of sp³-hybridized carbons (Fsp3) is 0.176. The predicted molar refractivity (Wildman–Crippen MR) is 79.7 cm³/mol. The molecule has 0 atom stereocenters. The summed E-state index contributed by atoms with van der Waals surface area (Å²) in [5, 5.41) is 0. The van der Waals surface area contributed by atoms with Crippen molar-refractivity contribution in [2.24, 2.45) is 0 Å². The van der Waals surface area contributed by atoms with Crippen molar-refractivity contribution in [3.05, 3.63) is 59.9 Å². The van der Waals surface area contributed by atoms with E-state index in [4.69, 9.17) is 4.74 Å². The van der Waals surface area contributed by atoms with Gasteiger partial charge in [-0.15, -0.1) is 0 Å². The van der Waals surface area contributed by atoms with E-state index in [0.717, 1.165) is 34.3 Å². The highest BCUT2D eigenvalue weighted by molar-refractivity contribution is 5.97. The lowest BCUT2D eigenvalue weighted by Crippen LogP contribution is -2.09. The Labute approximate surface area is 122 Å². The monoisotopic (exact) mass is 278 g/mol. The van der Waals surface area contributed by atoms with Gasteiger partial charge in [0.2, 0.25) is 0 Å². The molecule has 21 heavy (non-hydrogen) atoms. The van der Waals surface area contributed by atoms with Crippen LogP contribution in [-0.2, 0) is 13.0 Å². The number of hydrogen-bond acceptors (Lipinski definition) is 3. The molecule has 3 aromatic rings. The third kappa shape index (κ3) is 2.09. The lowest BCUT2D eigenvalue weighted by atomic mass is 10.1. The second kappa shape index (κ2) is 4.74. The van der Waals surface area contributed by atoms with Gasteiger partial charge in [0.15, 0.2) is 5.78 Å². The lowest BCUT2D eigenvalue weighted by molar-refractivity contribution is 0.0973. The van der Waals surface area contributed by atoms with Gasteiger partial charge in [0, 0.05) is 12.0 Å². The van der Waals surface area contributed by atoms with Crippen LogP contribution in [0.15, 0.2) is 48.8 Å². The number of nitrogens with zero attached hydrogens (tertiary/aromatic N) is 2. The molecule has 2 aromatic carbocycles. The summed E-state index contributed by atoms with van der Waals surface area (Å²) in [6.07, 6.45) is 2.60. The summed E-state index contributed by atoms with van der Waals surface area (Å²) >= 11 is 0. The van der Waals surface area contributed by atoms with E-state index in [9.17, 15) is 4.79 Å². The quantitative estimate of drug-likeness (QED) is 0.692. The zero-order chi connectivity index (χ0) is 14.2. The second-order valence-corrected chi connectivity index (χ2v) is 5.21. The van der Waals surface area contributed by atoms with Crippen LogP contribution < -0.4 is 4.74 Å². The number of para-hydroxylation sites is 2. The van der Waals surface area contributed by atoms with Gasteiger partial charge in [-0.05, 0) is 35.9 Å². The molecule has 0 saturated carbocycles. The first-order chi connectivity index (χ1) is 10.3. The molecule has 4 nitrogen and oxygen atoms in total. The summed E-state index contributed by atoms with van der Waals surface area (Å²) in [6, 6.07) is 13.5. The van der Waals surface area contributed by atoms with E-state index in [1.165, 1.54) is 0 Å². The Bertz CT molecular complexity index is 836. The van der Waals surface area contributed by atoms with Crippen molar-refractivity contribution in [3.63, 3.8) is 0 Å². The van der Waals surface area contributed by atoms with E-state index in [1.54, 1.807) is 6.33 Å². The Balaban J connectivity index is 1.63. The number of carbonyl (C=O) groups excluding carboxylic acids is 1. The number of carbonyl (C=O) groups is 1. The first-order valence-electron chi connectivity index (χ1n) is 7.00. The van der Waals surface area contributed by atoms with E-state index in [0.29, 0.717) is 13.2 Å². The van der Waals surface area contributed by atoms with Crippen molar-refractivity contribution in [3.8, 4) is 5.75 Å². The highest BCUT2D eigenvalue weighted by Crippen LogP contribution is 2.26. The average Bonchev–Trinajstić information content (AvgIpc) is 3.13. The summed E-state index contributed by atoms with van der Waals surface area (Å²) in [4.78, 5) is 16.8. The zero-order valence-electron chi connectivity index (χ0n) is 11.5. The Morgan fingerprint density at radius 3 is 3.10 bits per heavy atom. The summed E-state index contributed by atoms with van der Waals surface area (Å²) in [5.74, 6) is 0.993. The van der Waals surface area contributed by atoms with E-state index >= 15 is 0 Å². The highest BCUT2D eigenvalue weighted by atomic mass is 16.5. The van der Waals surface area contributed by atoms with Gasteiger partial charge in [0.1, 0.15) is 5.75 Å². The third-order valence-electron chi connectivity index (χ3n) is 3.85. The van der Waals surface area contributed by atoms with Gasteiger partial charge in [-0.25, -0.2) is 4.98 Å². The van der Waals surface area contributed by atoms with Crippen LogP contribution in [0, 0.1) is 0 Å². The maximum atomic E-state index is 12.5. The van der Waals surface area contributed by atoms with Crippen LogP contribution in [0.5, 0.6) is 5.75 Å². The molecule has 0 radical (unpaired) electrons. The number of benzene rings is 2. The number of Topliss-reactive ketones (excluding diaryl/α,β-unsaturated/α-hetero) is 1. The fourth-order valence-electron chi connectivity index (χ4n) is 2.74. The highest BCUT2D eigenvalue weighted by Gasteiger charge is 2.15. The van der Waals surface area contributed by atoms with Gasteiger partial charge >= 0.3 is 0 Å². The Morgan fingerprint density at radius 1 is 1.24 bits per heavy atom. The molecule has 1 aliphatic heterocycles. The molecular weight excluding hydrogens is 264 g/mol. The van der Waals surface area contributed by atoms with Crippen molar-refractivity contribution >= 4 is 16.8 Å². The molecule has 0 N–H and O–H groups in total. The van der Waals surface area contributed by atoms with Crippen molar-refractivity contribution in [2.75, 3.05) is 6.61 Å². The van der Waals surface area contributed by atoms with Crippen molar-refractivity contribution in [1.82, 2.24) is 9.55 Å².